The van der Waals surface area contributed by atoms with Crippen LogP contribution in [0.2, 0.25) is 5.02 Å². The molecule has 7 heteroatoms. The molecule has 0 saturated heterocycles. The molecule has 0 fully saturated rings. The normalized spacial score (nSPS) is 11.5. The molecule has 1 amide bonds. The van der Waals surface area contributed by atoms with Gasteiger partial charge in [0.1, 0.15) is 6.04 Å². The summed E-state index contributed by atoms with van der Waals surface area (Å²) in [7, 11) is 0. The number of carbonyl (C=O) groups excluding carboxylic acids is 1. The van der Waals surface area contributed by atoms with Crippen LogP contribution in [0.4, 0.5) is 0 Å². The summed E-state index contributed by atoms with van der Waals surface area (Å²) in [4.78, 5) is 34.3. The van der Waals surface area contributed by atoms with Crippen molar-refractivity contribution in [3.8, 4) is 0 Å². The molecule has 0 bridgehead atoms. The van der Waals surface area contributed by atoms with Crippen molar-refractivity contribution >= 4 is 29.4 Å². The lowest BCUT2D eigenvalue weighted by Gasteiger charge is -2.15. The van der Waals surface area contributed by atoms with Crippen molar-refractivity contribution in [2.45, 2.75) is 12.5 Å². The summed E-state index contributed by atoms with van der Waals surface area (Å²) < 4.78 is 0. The van der Waals surface area contributed by atoms with Crippen LogP contribution in [0.1, 0.15) is 26.3 Å². The van der Waals surface area contributed by atoms with Crippen molar-refractivity contribution in [1.82, 2.24) is 5.32 Å². The maximum absolute atomic E-state index is 12.1. The smallest absolute Gasteiger partial charge is 0.335 e. The molecular weight excluding hydrogens is 334 g/mol. The minimum absolute atomic E-state index is 0.0363. The number of amides is 1. The highest BCUT2D eigenvalue weighted by molar-refractivity contribution is 6.30. The van der Waals surface area contributed by atoms with E-state index in [1.807, 2.05) is 0 Å². The molecule has 2 rings (SSSR count). The first kappa shape index (κ1) is 17.5. The Hall–Kier alpha value is -2.86. The van der Waals surface area contributed by atoms with Gasteiger partial charge in [-0.15, -0.1) is 0 Å². The van der Waals surface area contributed by atoms with Crippen LogP contribution in [0.25, 0.3) is 0 Å². The Morgan fingerprint density at radius 3 is 1.96 bits per heavy atom. The van der Waals surface area contributed by atoms with Gasteiger partial charge in [0, 0.05) is 17.0 Å². The standard InChI is InChI=1S/C17H14ClNO5/c18-13-7-5-11(6-8-13)15(20)19-14(17(23)24)9-10-1-3-12(4-2-10)16(21)22/h1-8,14H,9H2,(H,19,20)(H,21,22)(H,23,24)/t14-/m1/s1. The number of benzene rings is 2. The van der Waals surface area contributed by atoms with E-state index in [-0.39, 0.29) is 12.0 Å². The van der Waals surface area contributed by atoms with Crippen LogP contribution in [0.5, 0.6) is 0 Å². The zero-order chi connectivity index (χ0) is 17.7. The lowest BCUT2D eigenvalue weighted by Crippen LogP contribution is -2.42. The Labute approximate surface area is 142 Å². The largest absolute Gasteiger partial charge is 0.480 e. The second kappa shape index (κ2) is 7.61. The van der Waals surface area contributed by atoms with E-state index in [2.05, 4.69) is 5.32 Å². The summed E-state index contributed by atoms with van der Waals surface area (Å²) in [6.07, 6.45) is 0.0363. The number of halogens is 1. The highest BCUT2D eigenvalue weighted by Gasteiger charge is 2.21. The highest BCUT2D eigenvalue weighted by atomic mass is 35.5. The summed E-state index contributed by atoms with van der Waals surface area (Å²) in [5.74, 6) is -2.77. The Morgan fingerprint density at radius 1 is 0.917 bits per heavy atom. The summed E-state index contributed by atoms with van der Waals surface area (Å²) >= 11 is 5.75. The minimum Gasteiger partial charge on any atom is -0.480 e. The maximum atomic E-state index is 12.1. The summed E-state index contributed by atoms with van der Waals surface area (Å²) in [6.45, 7) is 0. The van der Waals surface area contributed by atoms with Crippen LogP contribution in [0.3, 0.4) is 0 Å². The first-order valence-electron chi connectivity index (χ1n) is 6.98. The van der Waals surface area contributed by atoms with Crippen LogP contribution < -0.4 is 5.32 Å². The van der Waals surface area contributed by atoms with Gasteiger partial charge in [-0.05, 0) is 42.0 Å². The van der Waals surface area contributed by atoms with Crippen LogP contribution >= 0.6 is 11.6 Å². The molecule has 3 N–H and O–H groups in total. The third-order valence-corrected chi connectivity index (χ3v) is 3.60. The first-order chi connectivity index (χ1) is 11.4. The molecule has 0 aromatic heterocycles. The third kappa shape index (κ3) is 4.57. The first-order valence-corrected chi connectivity index (χ1v) is 7.36. The van der Waals surface area contributed by atoms with E-state index in [4.69, 9.17) is 16.7 Å². The second-order valence-electron chi connectivity index (χ2n) is 5.08. The molecule has 1 atom stereocenters. The molecule has 2 aromatic carbocycles. The van der Waals surface area contributed by atoms with Gasteiger partial charge < -0.3 is 15.5 Å². The topological polar surface area (TPSA) is 104 Å². The lowest BCUT2D eigenvalue weighted by molar-refractivity contribution is -0.139. The Bertz CT molecular complexity index is 756. The van der Waals surface area contributed by atoms with E-state index in [0.29, 0.717) is 16.1 Å². The van der Waals surface area contributed by atoms with E-state index in [1.54, 1.807) is 0 Å². The number of hydrogen-bond donors (Lipinski definition) is 3. The summed E-state index contributed by atoms with van der Waals surface area (Å²) in [5.41, 5.74) is 1.01. The van der Waals surface area contributed by atoms with Crippen LogP contribution in [0.15, 0.2) is 48.5 Å². The Kier molecular flexibility index (Phi) is 5.55. The van der Waals surface area contributed by atoms with Crippen molar-refractivity contribution in [1.29, 1.82) is 0 Å². The molecule has 0 aliphatic heterocycles. The van der Waals surface area contributed by atoms with Gasteiger partial charge in [0.2, 0.25) is 0 Å². The molecule has 124 valence electrons. The number of hydrogen-bond acceptors (Lipinski definition) is 3. The average molecular weight is 348 g/mol. The van der Waals surface area contributed by atoms with E-state index in [1.165, 1.54) is 48.5 Å². The molecule has 0 saturated carbocycles. The van der Waals surface area contributed by atoms with Crippen LogP contribution in [0, 0.1) is 0 Å². The van der Waals surface area contributed by atoms with Gasteiger partial charge in [-0.2, -0.15) is 0 Å². The van der Waals surface area contributed by atoms with Crippen molar-refractivity contribution in [3.05, 3.63) is 70.2 Å². The molecule has 6 nitrogen and oxygen atoms in total. The lowest BCUT2D eigenvalue weighted by atomic mass is 10.0. The van der Waals surface area contributed by atoms with E-state index >= 15 is 0 Å². The number of nitrogens with one attached hydrogen (secondary N) is 1. The number of rotatable bonds is 6. The molecule has 24 heavy (non-hydrogen) atoms. The van der Waals surface area contributed by atoms with Crippen molar-refractivity contribution in [2.24, 2.45) is 0 Å². The monoisotopic (exact) mass is 347 g/mol. The van der Waals surface area contributed by atoms with Gasteiger partial charge in [-0.1, -0.05) is 23.7 Å². The fraction of sp³-hybridized carbons (Fsp3) is 0.118. The molecule has 0 aliphatic rings. The van der Waals surface area contributed by atoms with E-state index < -0.39 is 23.9 Å². The zero-order valence-electron chi connectivity index (χ0n) is 12.4. The van der Waals surface area contributed by atoms with E-state index in [9.17, 15) is 19.5 Å². The van der Waals surface area contributed by atoms with Crippen molar-refractivity contribution < 1.29 is 24.6 Å². The van der Waals surface area contributed by atoms with Gasteiger partial charge in [-0.25, -0.2) is 9.59 Å². The fourth-order valence-corrected chi connectivity index (χ4v) is 2.19. The van der Waals surface area contributed by atoms with Gasteiger partial charge in [0.05, 0.1) is 5.56 Å². The molecule has 0 aliphatic carbocycles. The number of carboxylic acids is 2. The zero-order valence-corrected chi connectivity index (χ0v) is 13.2. The second-order valence-corrected chi connectivity index (χ2v) is 5.51. The molecule has 0 radical (unpaired) electrons. The van der Waals surface area contributed by atoms with Crippen molar-refractivity contribution in [2.75, 3.05) is 0 Å². The van der Waals surface area contributed by atoms with Crippen LogP contribution in [-0.4, -0.2) is 34.1 Å². The number of aliphatic carboxylic acids is 1. The fourth-order valence-electron chi connectivity index (χ4n) is 2.06. The molecule has 0 spiro atoms. The molecular formula is C17H14ClNO5. The predicted molar refractivity (Wildman–Crippen MR) is 87.4 cm³/mol. The maximum Gasteiger partial charge on any atom is 0.335 e. The van der Waals surface area contributed by atoms with Gasteiger partial charge >= 0.3 is 11.9 Å². The Morgan fingerprint density at radius 2 is 1.46 bits per heavy atom. The quantitative estimate of drug-likeness (QED) is 0.744. The summed E-state index contributed by atoms with van der Waals surface area (Å²) in [6, 6.07) is 10.8. The third-order valence-electron chi connectivity index (χ3n) is 3.35. The predicted octanol–water partition coefficient (Wildman–Crippen LogP) is 2.46. The highest BCUT2D eigenvalue weighted by Crippen LogP contribution is 2.11. The Balaban J connectivity index is 2.09. The molecule has 2 aromatic rings. The number of carbonyl (C=O) groups is 3. The number of aromatic carboxylic acids is 1. The van der Waals surface area contributed by atoms with Crippen molar-refractivity contribution in [3.63, 3.8) is 0 Å². The van der Waals surface area contributed by atoms with E-state index in [0.717, 1.165) is 0 Å². The van der Waals surface area contributed by atoms with Gasteiger partial charge in [-0.3, -0.25) is 4.79 Å². The van der Waals surface area contributed by atoms with Gasteiger partial charge in [0.15, 0.2) is 0 Å². The molecule has 0 heterocycles. The SMILES string of the molecule is O=C(O)c1ccc(C[C@@H](NC(=O)c2ccc(Cl)cc2)C(=O)O)cc1. The number of carboxylic acid groups (broad SMARTS) is 2. The van der Waals surface area contributed by atoms with Gasteiger partial charge in [0.25, 0.3) is 5.91 Å². The summed E-state index contributed by atoms with van der Waals surface area (Å²) in [5, 5.41) is 21.0. The minimum atomic E-state index is -1.18. The molecule has 0 unspecified atom stereocenters. The van der Waals surface area contributed by atoms with Crippen LogP contribution in [-0.2, 0) is 11.2 Å². The average Bonchev–Trinajstić information content (AvgIpc) is 2.55.